The first-order valence-electron chi connectivity index (χ1n) is 4.55. The molecule has 78 valence electrons. The van der Waals surface area contributed by atoms with Crippen molar-refractivity contribution in [1.29, 1.82) is 0 Å². The molecular weight excluding hydrogens is 182 g/mol. The number of aryl methyl sites for hydroxylation is 1. The van der Waals surface area contributed by atoms with Crippen molar-refractivity contribution >= 4 is 11.9 Å². The summed E-state index contributed by atoms with van der Waals surface area (Å²) in [7, 11) is 1.70. The molecule has 14 heavy (non-hydrogen) atoms. The van der Waals surface area contributed by atoms with Gasteiger partial charge in [-0.2, -0.15) is 10.1 Å². The summed E-state index contributed by atoms with van der Waals surface area (Å²) >= 11 is 0. The number of nitrogens with one attached hydrogen (secondary N) is 1. The minimum atomic E-state index is -0.475. The molecule has 0 aliphatic carbocycles. The molecule has 0 bridgehead atoms. The highest BCUT2D eigenvalue weighted by atomic mass is 16.2. The molecule has 6 nitrogen and oxygen atoms in total. The second kappa shape index (κ2) is 4.71. The van der Waals surface area contributed by atoms with Gasteiger partial charge in [0.15, 0.2) is 0 Å². The lowest BCUT2D eigenvalue weighted by molar-refractivity contribution is -0.117. The van der Waals surface area contributed by atoms with E-state index in [0.717, 1.165) is 6.42 Å². The fourth-order valence-corrected chi connectivity index (χ4v) is 1.05. The van der Waals surface area contributed by atoms with E-state index in [9.17, 15) is 4.79 Å². The summed E-state index contributed by atoms with van der Waals surface area (Å²) in [5.41, 5.74) is 5.62. The minimum Gasteiger partial charge on any atom is -0.320 e. The van der Waals surface area contributed by atoms with Crippen molar-refractivity contribution in [3.8, 4) is 0 Å². The summed E-state index contributed by atoms with van der Waals surface area (Å²) in [5.74, 6) is 0.199. The number of anilines is 1. The van der Waals surface area contributed by atoms with Crippen molar-refractivity contribution in [1.82, 2.24) is 14.8 Å². The number of rotatable bonds is 4. The molecule has 0 aromatic carbocycles. The maximum Gasteiger partial charge on any atom is 0.243 e. The zero-order valence-electron chi connectivity index (χ0n) is 8.40. The number of amides is 1. The van der Waals surface area contributed by atoms with Gasteiger partial charge < -0.3 is 5.73 Å². The molecule has 1 rings (SSSR count). The Morgan fingerprint density at radius 2 is 2.50 bits per heavy atom. The van der Waals surface area contributed by atoms with E-state index >= 15 is 0 Å². The maximum atomic E-state index is 11.4. The highest BCUT2D eigenvalue weighted by molar-refractivity contribution is 5.93. The first-order valence-corrected chi connectivity index (χ1v) is 4.55. The molecule has 0 aliphatic heterocycles. The quantitative estimate of drug-likeness (QED) is 0.704. The molecule has 0 radical (unpaired) electrons. The molecule has 3 N–H and O–H groups in total. The summed E-state index contributed by atoms with van der Waals surface area (Å²) in [6, 6.07) is -0.475. The highest BCUT2D eigenvalue weighted by Gasteiger charge is 2.14. The van der Waals surface area contributed by atoms with E-state index in [4.69, 9.17) is 5.73 Å². The topological polar surface area (TPSA) is 85.8 Å². The lowest BCUT2D eigenvalue weighted by Gasteiger charge is -2.09. The first-order chi connectivity index (χ1) is 6.65. The number of hydrogen-bond donors (Lipinski definition) is 2. The zero-order chi connectivity index (χ0) is 10.6. The minimum absolute atomic E-state index is 0.219. The number of carbonyl (C=O) groups excluding carboxylic acids is 1. The van der Waals surface area contributed by atoms with Crippen molar-refractivity contribution in [2.45, 2.75) is 25.8 Å². The van der Waals surface area contributed by atoms with E-state index in [1.54, 1.807) is 7.05 Å². The molecule has 0 saturated carbocycles. The number of nitrogens with zero attached hydrogens (tertiary/aromatic N) is 3. The normalized spacial score (nSPS) is 12.5. The van der Waals surface area contributed by atoms with Crippen molar-refractivity contribution in [2.75, 3.05) is 5.32 Å². The van der Waals surface area contributed by atoms with Gasteiger partial charge in [-0.3, -0.25) is 10.1 Å². The number of nitrogens with two attached hydrogens (primary N) is 1. The molecule has 6 heteroatoms. The van der Waals surface area contributed by atoms with Crippen LogP contribution in [0.2, 0.25) is 0 Å². The fourth-order valence-electron chi connectivity index (χ4n) is 1.05. The fraction of sp³-hybridized carbons (Fsp3) is 0.625. The SMILES string of the molecule is CCC[C@@H](N)C(=O)Nc1ncnn1C. The lowest BCUT2D eigenvalue weighted by atomic mass is 10.2. The second-order valence-corrected chi connectivity index (χ2v) is 3.09. The van der Waals surface area contributed by atoms with E-state index in [0.29, 0.717) is 12.4 Å². The number of aromatic nitrogens is 3. The van der Waals surface area contributed by atoms with Gasteiger partial charge in [-0.25, -0.2) is 4.68 Å². The molecule has 0 fully saturated rings. The monoisotopic (exact) mass is 197 g/mol. The average Bonchev–Trinajstić information content (AvgIpc) is 2.52. The molecule has 0 unspecified atom stereocenters. The van der Waals surface area contributed by atoms with Crippen LogP contribution in [0.5, 0.6) is 0 Å². The van der Waals surface area contributed by atoms with Crippen molar-refractivity contribution in [3.63, 3.8) is 0 Å². The van der Waals surface area contributed by atoms with Crippen LogP contribution in [0.4, 0.5) is 5.95 Å². The van der Waals surface area contributed by atoms with Crippen LogP contribution >= 0.6 is 0 Å². The zero-order valence-corrected chi connectivity index (χ0v) is 8.40. The van der Waals surface area contributed by atoms with Gasteiger partial charge in [0, 0.05) is 7.05 Å². The predicted octanol–water partition coefficient (Wildman–Crippen LogP) is -0.119. The van der Waals surface area contributed by atoms with E-state index in [-0.39, 0.29) is 5.91 Å². The average molecular weight is 197 g/mol. The van der Waals surface area contributed by atoms with Gasteiger partial charge in [0.2, 0.25) is 11.9 Å². The van der Waals surface area contributed by atoms with E-state index < -0.39 is 6.04 Å². The molecule has 1 amide bonds. The third-order valence-corrected chi connectivity index (χ3v) is 1.88. The van der Waals surface area contributed by atoms with Gasteiger partial charge in [-0.1, -0.05) is 13.3 Å². The van der Waals surface area contributed by atoms with E-state index in [1.807, 2.05) is 6.92 Å². The highest BCUT2D eigenvalue weighted by Crippen LogP contribution is 2.00. The van der Waals surface area contributed by atoms with Crippen LogP contribution in [-0.2, 0) is 11.8 Å². The van der Waals surface area contributed by atoms with Crippen molar-refractivity contribution < 1.29 is 4.79 Å². The van der Waals surface area contributed by atoms with Gasteiger partial charge in [0.1, 0.15) is 6.33 Å². The Morgan fingerprint density at radius 3 is 3.00 bits per heavy atom. The van der Waals surface area contributed by atoms with E-state index in [2.05, 4.69) is 15.4 Å². The molecule has 1 heterocycles. The Morgan fingerprint density at radius 1 is 1.79 bits per heavy atom. The summed E-state index contributed by atoms with van der Waals surface area (Å²) in [5, 5.41) is 6.43. The largest absolute Gasteiger partial charge is 0.320 e. The van der Waals surface area contributed by atoms with Gasteiger partial charge in [-0.05, 0) is 6.42 Å². The van der Waals surface area contributed by atoms with E-state index in [1.165, 1.54) is 11.0 Å². The van der Waals surface area contributed by atoms with Crippen LogP contribution in [-0.4, -0.2) is 26.7 Å². The van der Waals surface area contributed by atoms with Crippen LogP contribution in [0.25, 0.3) is 0 Å². The lowest BCUT2D eigenvalue weighted by Crippen LogP contribution is -2.36. The Labute approximate surface area is 82.5 Å². The standard InChI is InChI=1S/C8H15N5O/c1-3-4-6(9)7(14)12-8-10-5-11-13(8)2/h5-6H,3-4,9H2,1-2H3,(H,10,11,12,14)/t6-/m1/s1. The van der Waals surface area contributed by atoms with Gasteiger partial charge in [0.25, 0.3) is 0 Å². The summed E-state index contributed by atoms with van der Waals surface area (Å²) in [4.78, 5) is 15.3. The Balaban J connectivity index is 2.53. The Hall–Kier alpha value is -1.43. The maximum absolute atomic E-state index is 11.4. The summed E-state index contributed by atoms with van der Waals surface area (Å²) < 4.78 is 1.48. The third-order valence-electron chi connectivity index (χ3n) is 1.88. The van der Waals surface area contributed by atoms with Crippen molar-refractivity contribution in [3.05, 3.63) is 6.33 Å². The van der Waals surface area contributed by atoms with Crippen LogP contribution in [0.15, 0.2) is 6.33 Å². The summed E-state index contributed by atoms with van der Waals surface area (Å²) in [6.45, 7) is 1.98. The second-order valence-electron chi connectivity index (χ2n) is 3.09. The van der Waals surface area contributed by atoms with Gasteiger partial charge in [-0.15, -0.1) is 0 Å². The molecule has 1 aromatic rings. The molecule has 0 saturated heterocycles. The van der Waals surface area contributed by atoms with Gasteiger partial charge in [0.05, 0.1) is 6.04 Å². The molecule has 0 aliphatic rings. The number of hydrogen-bond acceptors (Lipinski definition) is 4. The van der Waals surface area contributed by atoms with Crippen LogP contribution in [0, 0.1) is 0 Å². The first kappa shape index (κ1) is 10.6. The Bertz CT molecular complexity index is 308. The molecule has 1 atom stereocenters. The summed E-state index contributed by atoms with van der Waals surface area (Å²) in [6.07, 6.45) is 2.93. The molecule has 1 aromatic heterocycles. The van der Waals surface area contributed by atoms with Crippen LogP contribution < -0.4 is 11.1 Å². The predicted molar refractivity (Wildman–Crippen MR) is 52.5 cm³/mol. The Kier molecular flexibility index (Phi) is 3.58. The molecular formula is C8H15N5O. The number of carbonyl (C=O) groups is 1. The van der Waals surface area contributed by atoms with Crippen LogP contribution in [0.1, 0.15) is 19.8 Å². The third kappa shape index (κ3) is 2.53. The molecule has 0 spiro atoms. The smallest absolute Gasteiger partial charge is 0.243 e. The van der Waals surface area contributed by atoms with Crippen LogP contribution in [0.3, 0.4) is 0 Å². The van der Waals surface area contributed by atoms with Gasteiger partial charge >= 0.3 is 0 Å². The van der Waals surface area contributed by atoms with Crippen molar-refractivity contribution in [2.24, 2.45) is 12.8 Å².